The van der Waals surface area contributed by atoms with Crippen molar-refractivity contribution in [2.24, 2.45) is 0 Å². The van der Waals surface area contributed by atoms with Crippen molar-refractivity contribution in [3.05, 3.63) is 65.5 Å². The van der Waals surface area contributed by atoms with Crippen LogP contribution in [0.3, 0.4) is 0 Å². The molecule has 0 radical (unpaired) electrons. The molecule has 2 aromatic rings. The number of carbonyl (C=O) groups excluding carboxylic acids is 1. The van der Waals surface area contributed by atoms with Crippen molar-refractivity contribution < 1.29 is 13.9 Å². The molecular weight excluding hydrogens is 307 g/mol. The van der Waals surface area contributed by atoms with Crippen molar-refractivity contribution >= 4 is 5.91 Å². The van der Waals surface area contributed by atoms with Gasteiger partial charge in [0.2, 0.25) is 5.91 Å². The highest BCUT2D eigenvalue weighted by atomic mass is 19.1. The van der Waals surface area contributed by atoms with Crippen LogP contribution in [0.2, 0.25) is 0 Å². The van der Waals surface area contributed by atoms with E-state index in [1.807, 2.05) is 24.3 Å². The minimum atomic E-state index is -0.306. The van der Waals surface area contributed by atoms with Gasteiger partial charge in [-0.1, -0.05) is 30.2 Å². The Balaban J connectivity index is 2.19. The Morgan fingerprint density at radius 1 is 1.17 bits per heavy atom. The predicted molar refractivity (Wildman–Crippen MR) is 91.1 cm³/mol. The number of nitrogens with one attached hydrogen (secondary N) is 2. The summed E-state index contributed by atoms with van der Waals surface area (Å²) in [7, 11) is 1.60. The van der Waals surface area contributed by atoms with Crippen LogP contribution in [0.1, 0.15) is 17.2 Å². The third-order valence-electron chi connectivity index (χ3n) is 3.51. The molecule has 0 fully saturated rings. The van der Waals surface area contributed by atoms with E-state index in [2.05, 4.69) is 16.6 Å². The van der Waals surface area contributed by atoms with Gasteiger partial charge in [-0.2, -0.15) is 0 Å². The van der Waals surface area contributed by atoms with Gasteiger partial charge < -0.3 is 10.1 Å². The number of halogens is 1. The molecule has 1 amide bonds. The Morgan fingerprint density at radius 2 is 1.75 bits per heavy atom. The molecule has 24 heavy (non-hydrogen) atoms. The molecule has 2 aromatic carbocycles. The second-order valence-electron chi connectivity index (χ2n) is 5.12. The van der Waals surface area contributed by atoms with E-state index in [0.29, 0.717) is 0 Å². The number of rotatable bonds is 7. The van der Waals surface area contributed by atoms with Crippen molar-refractivity contribution in [2.75, 3.05) is 20.2 Å². The summed E-state index contributed by atoms with van der Waals surface area (Å²) in [6, 6.07) is 13.4. The van der Waals surface area contributed by atoms with Crippen molar-refractivity contribution in [1.82, 2.24) is 10.6 Å². The molecule has 0 aliphatic rings. The second kappa shape index (κ2) is 8.70. The van der Waals surface area contributed by atoms with E-state index >= 15 is 0 Å². The zero-order chi connectivity index (χ0) is 17.4. The van der Waals surface area contributed by atoms with Gasteiger partial charge in [0.1, 0.15) is 11.6 Å². The molecule has 0 spiro atoms. The SMILES string of the molecule is C#CCNC(=O)CN[C@@H](c1ccc(F)cc1)c1ccc(OC)cc1. The van der Waals surface area contributed by atoms with Crippen LogP contribution in [0.4, 0.5) is 4.39 Å². The van der Waals surface area contributed by atoms with Crippen LogP contribution >= 0.6 is 0 Å². The minimum absolute atomic E-state index is 0.0930. The number of amides is 1. The largest absolute Gasteiger partial charge is 0.497 e. The fourth-order valence-electron chi connectivity index (χ4n) is 2.29. The van der Waals surface area contributed by atoms with Gasteiger partial charge in [0.25, 0.3) is 0 Å². The lowest BCUT2D eigenvalue weighted by molar-refractivity contribution is -0.120. The summed E-state index contributed by atoms with van der Waals surface area (Å²) in [6.45, 7) is 0.278. The third-order valence-corrected chi connectivity index (χ3v) is 3.51. The van der Waals surface area contributed by atoms with Gasteiger partial charge in [-0.05, 0) is 35.4 Å². The number of hydrogen-bond acceptors (Lipinski definition) is 3. The third kappa shape index (κ3) is 4.83. The summed E-state index contributed by atoms with van der Waals surface area (Å²) in [6.07, 6.45) is 5.12. The molecule has 0 aliphatic carbocycles. The molecule has 0 bridgehead atoms. The topological polar surface area (TPSA) is 50.4 Å². The van der Waals surface area contributed by atoms with Gasteiger partial charge in [0.15, 0.2) is 0 Å². The van der Waals surface area contributed by atoms with E-state index < -0.39 is 0 Å². The highest BCUT2D eigenvalue weighted by Crippen LogP contribution is 2.24. The maximum absolute atomic E-state index is 13.2. The van der Waals surface area contributed by atoms with Crippen LogP contribution in [0.15, 0.2) is 48.5 Å². The van der Waals surface area contributed by atoms with Crippen LogP contribution in [0.5, 0.6) is 5.75 Å². The van der Waals surface area contributed by atoms with Gasteiger partial charge in [-0.15, -0.1) is 6.42 Å². The van der Waals surface area contributed by atoms with Crippen molar-refractivity contribution in [1.29, 1.82) is 0 Å². The summed E-state index contributed by atoms with van der Waals surface area (Å²) in [5.74, 6) is 2.59. The monoisotopic (exact) mass is 326 g/mol. The van der Waals surface area contributed by atoms with Crippen LogP contribution in [-0.4, -0.2) is 26.1 Å². The average molecular weight is 326 g/mol. The van der Waals surface area contributed by atoms with Gasteiger partial charge in [0, 0.05) is 0 Å². The van der Waals surface area contributed by atoms with E-state index in [1.54, 1.807) is 19.2 Å². The van der Waals surface area contributed by atoms with Gasteiger partial charge >= 0.3 is 0 Å². The molecule has 0 heterocycles. The highest BCUT2D eigenvalue weighted by Gasteiger charge is 2.15. The number of carbonyl (C=O) groups is 1. The first kappa shape index (κ1) is 17.5. The summed E-state index contributed by atoms with van der Waals surface area (Å²) in [4.78, 5) is 11.8. The molecule has 4 nitrogen and oxygen atoms in total. The summed E-state index contributed by atoms with van der Waals surface area (Å²) < 4.78 is 18.3. The molecule has 0 saturated heterocycles. The summed E-state index contributed by atoms with van der Waals surface area (Å²) in [5.41, 5.74) is 1.79. The number of methoxy groups -OCH3 is 1. The lowest BCUT2D eigenvalue weighted by Crippen LogP contribution is -2.36. The highest BCUT2D eigenvalue weighted by molar-refractivity contribution is 5.78. The zero-order valence-electron chi connectivity index (χ0n) is 13.4. The molecule has 1 atom stereocenters. The van der Waals surface area contributed by atoms with E-state index in [1.165, 1.54) is 12.1 Å². The number of ether oxygens (including phenoxy) is 1. The van der Waals surface area contributed by atoms with Crippen molar-refractivity contribution in [2.45, 2.75) is 6.04 Å². The summed E-state index contributed by atoms with van der Waals surface area (Å²) in [5, 5.41) is 5.77. The Kier molecular flexibility index (Phi) is 6.35. The van der Waals surface area contributed by atoms with Crippen LogP contribution in [0.25, 0.3) is 0 Å². The summed E-state index contributed by atoms with van der Waals surface area (Å²) >= 11 is 0. The average Bonchev–Trinajstić information content (AvgIpc) is 2.62. The van der Waals surface area contributed by atoms with Gasteiger partial charge in [-0.25, -0.2) is 4.39 Å². The normalized spacial score (nSPS) is 11.4. The Labute approximate surface area is 141 Å². The van der Waals surface area contributed by atoms with Crippen molar-refractivity contribution in [3.63, 3.8) is 0 Å². The van der Waals surface area contributed by atoms with Gasteiger partial charge in [-0.3, -0.25) is 10.1 Å². The van der Waals surface area contributed by atoms with Crippen LogP contribution in [0, 0.1) is 18.2 Å². The van der Waals surface area contributed by atoms with E-state index in [4.69, 9.17) is 11.2 Å². The fourth-order valence-corrected chi connectivity index (χ4v) is 2.29. The number of terminal acetylenes is 1. The Bertz CT molecular complexity index is 706. The van der Waals surface area contributed by atoms with Crippen molar-refractivity contribution in [3.8, 4) is 18.1 Å². The van der Waals surface area contributed by atoms with Crippen LogP contribution < -0.4 is 15.4 Å². The molecule has 0 aromatic heterocycles. The van der Waals surface area contributed by atoms with E-state index in [-0.39, 0.29) is 30.9 Å². The lowest BCUT2D eigenvalue weighted by atomic mass is 9.98. The fraction of sp³-hybridized carbons (Fsp3) is 0.211. The maximum atomic E-state index is 13.2. The molecule has 2 rings (SSSR count). The molecule has 0 saturated carbocycles. The molecule has 0 unspecified atom stereocenters. The van der Waals surface area contributed by atoms with Crippen LogP contribution in [-0.2, 0) is 4.79 Å². The first-order valence-electron chi connectivity index (χ1n) is 7.47. The minimum Gasteiger partial charge on any atom is -0.497 e. The Morgan fingerprint density at radius 3 is 2.29 bits per heavy atom. The quantitative estimate of drug-likeness (QED) is 0.768. The Hall–Kier alpha value is -2.84. The molecular formula is C19H19FN2O2. The second-order valence-corrected chi connectivity index (χ2v) is 5.12. The molecule has 2 N–H and O–H groups in total. The predicted octanol–water partition coefficient (Wildman–Crippen LogP) is 2.26. The molecule has 5 heteroatoms. The lowest BCUT2D eigenvalue weighted by Gasteiger charge is -2.20. The van der Waals surface area contributed by atoms with E-state index in [9.17, 15) is 9.18 Å². The first-order valence-corrected chi connectivity index (χ1v) is 7.47. The van der Waals surface area contributed by atoms with E-state index in [0.717, 1.165) is 16.9 Å². The zero-order valence-corrected chi connectivity index (χ0v) is 13.4. The maximum Gasteiger partial charge on any atom is 0.234 e. The number of benzene rings is 2. The molecule has 124 valence electrons. The standard InChI is InChI=1S/C19H19FN2O2/c1-3-12-21-18(23)13-22-19(14-4-8-16(20)9-5-14)15-6-10-17(24-2)11-7-15/h1,4-11,19,22H,12-13H2,2H3,(H,21,23)/t19-/m0/s1. The van der Waals surface area contributed by atoms with Gasteiger partial charge in [0.05, 0.1) is 26.2 Å². The first-order chi connectivity index (χ1) is 11.6. The smallest absolute Gasteiger partial charge is 0.234 e. The molecule has 0 aliphatic heterocycles. The number of hydrogen-bond donors (Lipinski definition) is 2.